The van der Waals surface area contributed by atoms with Crippen molar-refractivity contribution in [2.45, 2.75) is 13.8 Å². The zero-order valence-corrected chi connectivity index (χ0v) is 25.6. The summed E-state index contributed by atoms with van der Waals surface area (Å²) in [5, 5.41) is 8.41. The molecule has 0 N–H and O–H groups in total. The molecule has 0 aliphatic rings. The Hall–Kier alpha value is -4.52. The van der Waals surface area contributed by atoms with E-state index < -0.39 is 0 Å². The molecule has 0 atom stereocenters. The van der Waals surface area contributed by atoms with Crippen LogP contribution in [-0.2, 0) is 19.1 Å². The Labute approximate surface area is 264 Å². The van der Waals surface area contributed by atoms with Gasteiger partial charge in [-0.25, -0.2) is 0 Å². The molecule has 6 aromatic carbocycles. The number of benzene rings is 6. The number of carbonyl (C=O) groups is 2. The van der Waals surface area contributed by atoms with E-state index in [1.165, 1.54) is 13.8 Å². The number of hydrogen-bond donors (Lipinski definition) is 0. The number of halogens is 2. The molecule has 8 heteroatoms. The third kappa shape index (κ3) is 5.71. The molecular formula is C36H28Cl2O6. The number of rotatable bonds is 9. The summed E-state index contributed by atoms with van der Waals surface area (Å²) in [6, 6.07) is 27.6. The fraction of sp³-hybridized carbons (Fsp3) is 0.167. The van der Waals surface area contributed by atoms with Gasteiger partial charge in [-0.2, -0.15) is 0 Å². The maximum absolute atomic E-state index is 11.4. The molecule has 0 saturated heterocycles. The lowest BCUT2D eigenvalue weighted by molar-refractivity contribution is -0.142. The standard InChI is InChI=1S/C36H28Cl2O6/c1-21(39)41-15-17-43-35-27-9-5-3-7-25(27)33(31-19-23(37)11-13-29(31)35)34-26-8-4-6-10-28(26)36(44-18-16-42-22(2)40)30-14-12-24(38)20-32(30)34/h3-14,19-20H,15-18H2,1-2H3. The normalized spacial score (nSPS) is 11.3. The van der Waals surface area contributed by atoms with Gasteiger partial charge in [0.25, 0.3) is 0 Å². The molecule has 0 unspecified atom stereocenters. The quantitative estimate of drug-likeness (QED) is 0.0905. The first-order chi connectivity index (χ1) is 21.3. The Balaban J connectivity index is 1.67. The van der Waals surface area contributed by atoms with Crippen molar-refractivity contribution in [2.24, 2.45) is 0 Å². The fourth-order valence-corrected chi connectivity index (χ4v) is 6.07. The minimum absolute atomic E-state index is 0.132. The number of fused-ring (bicyclic) bond motifs is 4. The van der Waals surface area contributed by atoms with Gasteiger partial charge in [-0.05, 0) is 69.1 Å². The molecule has 0 heterocycles. The van der Waals surface area contributed by atoms with Crippen LogP contribution in [-0.4, -0.2) is 38.4 Å². The summed E-state index contributed by atoms with van der Waals surface area (Å²) in [6.45, 7) is 3.40. The van der Waals surface area contributed by atoms with Crippen LogP contribution in [0.3, 0.4) is 0 Å². The van der Waals surface area contributed by atoms with E-state index in [-0.39, 0.29) is 38.4 Å². The molecule has 0 bridgehead atoms. The van der Waals surface area contributed by atoms with Crippen molar-refractivity contribution in [1.29, 1.82) is 0 Å². The lowest BCUT2D eigenvalue weighted by atomic mass is 9.85. The topological polar surface area (TPSA) is 71.1 Å². The summed E-state index contributed by atoms with van der Waals surface area (Å²) in [4.78, 5) is 22.7. The van der Waals surface area contributed by atoms with E-state index in [0.717, 1.165) is 54.2 Å². The van der Waals surface area contributed by atoms with Crippen molar-refractivity contribution in [3.63, 3.8) is 0 Å². The molecule has 0 aromatic heterocycles. The Morgan fingerprint density at radius 2 is 0.864 bits per heavy atom. The highest BCUT2D eigenvalue weighted by Crippen LogP contribution is 2.50. The van der Waals surface area contributed by atoms with Gasteiger partial charge in [0, 0.05) is 45.4 Å². The van der Waals surface area contributed by atoms with E-state index in [9.17, 15) is 9.59 Å². The summed E-state index contributed by atoms with van der Waals surface area (Å²) in [5.41, 5.74) is 1.95. The van der Waals surface area contributed by atoms with Crippen LogP contribution in [0.25, 0.3) is 54.2 Å². The zero-order valence-electron chi connectivity index (χ0n) is 24.1. The predicted octanol–water partition coefficient (Wildman–Crippen LogP) is 9.16. The van der Waals surface area contributed by atoms with Crippen LogP contribution in [0.5, 0.6) is 11.5 Å². The first-order valence-electron chi connectivity index (χ1n) is 14.1. The van der Waals surface area contributed by atoms with Crippen LogP contribution in [0.1, 0.15) is 13.8 Å². The van der Waals surface area contributed by atoms with Crippen molar-refractivity contribution in [1.82, 2.24) is 0 Å². The van der Waals surface area contributed by atoms with Crippen LogP contribution >= 0.6 is 23.2 Å². The SMILES string of the molecule is CC(=O)OCCOc1c2ccccc2c(-c2c3ccccc3c(OCCOC(C)=O)c3ccc(Cl)cc23)c2cc(Cl)ccc12. The van der Waals surface area contributed by atoms with Crippen molar-refractivity contribution < 1.29 is 28.5 Å². The van der Waals surface area contributed by atoms with Crippen molar-refractivity contribution in [2.75, 3.05) is 26.4 Å². The molecule has 6 rings (SSSR count). The molecule has 0 amide bonds. The highest BCUT2D eigenvalue weighted by Gasteiger charge is 2.23. The van der Waals surface area contributed by atoms with Gasteiger partial charge in [0.15, 0.2) is 0 Å². The van der Waals surface area contributed by atoms with E-state index >= 15 is 0 Å². The number of esters is 2. The van der Waals surface area contributed by atoms with Crippen molar-refractivity contribution >= 4 is 78.2 Å². The van der Waals surface area contributed by atoms with Gasteiger partial charge < -0.3 is 18.9 Å². The van der Waals surface area contributed by atoms with E-state index in [4.69, 9.17) is 42.1 Å². The monoisotopic (exact) mass is 626 g/mol. The number of hydrogen-bond acceptors (Lipinski definition) is 6. The highest BCUT2D eigenvalue weighted by atomic mass is 35.5. The van der Waals surface area contributed by atoms with Crippen molar-refractivity contribution in [3.05, 3.63) is 95.0 Å². The average molecular weight is 628 g/mol. The molecule has 0 saturated carbocycles. The molecule has 6 aromatic rings. The molecular weight excluding hydrogens is 599 g/mol. The lowest BCUT2D eigenvalue weighted by Crippen LogP contribution is -2.10. The molecule has 0 radical (unpaired) electrons. The lowest BCUT2D eigenvalue weighted by Gasteiger charge is -2.22. The summed E-state index contributed by atoms with van der Waals surface area (Å²) in [7, 11) is 0. The maximum Gasteiger partial charge on any atom is 0.302 e. The second-order valence-electron chi connectivity index (χ2n) is 10.3. The van der Waals surface area contributed by atoms with Gasteiger partial charge in [-0.1, -0.05) is 71.7 Å². The summed E-state index contributed by atoms with van der Waals surface area (Å²) in [6.07, 6.45) is 0. The number of carbonyl (C=O) groups excluding carboxylic acids is 2. The molecule has 0 aliphatic carbocycles. The van der Waals surface area contributed by atoms with Gasteiger partial charge in [0.2, 0.25) is 0 Å². The van der Waals surface area contributed by atoms with Gasteiger partial charge >= 0.3 is 11.9 Å². The zero-order chi connectivity index (χ0) is 30.8. The highest BCUT2D eigenvalue weighted by molar-refractivity contribution is 6.34. The average Bonchev–Trinajstić information content (AvgIpc) is 3.00. The predicted molar refractivity (Wildman–Crippen MR) is 176 cm³/mol. The summed E-state index contributed by atoms with van der Waals surface area (Å²) < 4.78 is 22.9. The molecule has 6 nitrogen and oxygen atoms in total. The molecule has 0 aliphatic heterocycles. The van der Waals surface area contributed by atoms with Crippen LogP contribution in [0.2, 0.25) is 10.0 Å². The second-order valence-corrected chi connectivity index (χ2v) is 11.1. The third-order valence-electron chi connectivity index (χ3n) is 7.39. The maximum atomic E-state index is 11.4. The van der Waals surface area contributed by atoms with E-state index in [1.807, 2.05) is 72.8 Å². The largest absolute Gasteiger partial charge is 0.489 e. The van der Waals surface area contributed by atoms with Gasteiger partial charge in [0.05, 0.1) is 0 Å². The van der Waals surface area contributed by atoms with Gasteiger partial charge in [-0.15, -0.1) is 0 Å². The third-order valence-corrected chi connectivity index (χ3v) is 7.86. The summed E-state index contributed by atoms with van der Waals surface area (Å²) in [5.74, 6) is 0.642. The van der Waals surface area contributed by atoms with Gasteiger partial charge in [0.1, 0.15) is 37.9 Å². The minimum atomic E-state index is -0.360. The van der Waals surface area contributed by atoms with Crippen LogP contribution < -0.4 is 9.47 Å². The first-order valence-corrected chi connectivity index (χ1v) is 14.9. The van der Waals surface area contributed by atoms with E-state index in [0.29, 0.717) is 21.5 Å². The van der Waals surface area contributed by atoms with Crippen LogP contribution in [0.15, 0.2) is 84.9 Å². The Bertz CT molecular complexity index is 1920. The summed E-state index contributed by atoms with van der Waals surface area (Å²) >= 11 is 13.3. The number of ether oxygens (including phenoxy) is 4. The first kappa shape index (κ1) is 29.5. The molecule has 0 spiro atoms. The second kappa shape index (κ2) is 12.6. The van der Waals surface area contributed by atoms with E-state index in [2.05, 4.69) is 12.1 Å². The molecule has 0 fully saturated rings. The Morgan fingerprint density at radius 1 is 0.500 bits per heavy atom. The van der Waals surface area contributed by atoms with Crippen LogP contribution in [0.4, 0.5) is 0 Å². The Morgan fingerprint density at radius 3 is 1.25 bits per heavy atom. The minimum Gasteiger partial charge on any atom is -0.489 e. The fourth-order valence-electron chi connectivity index (χ4n) is 5.73. The molecule has 222 valence electrons. The van der Waals surface area contributed by atoms with Crippen LogP contribution in [0, 0.1) is 0 Å². The van der Waals surface area contributed by atoms with Gasteiger partial charge in [-0.3, -0.25) is 9.59 Å². The van der Waals surface area contributed by atoms with Crippen molar-refractivity contribution in [3.8, 4) is 22.6 Å². The smallest absolute Gasteiger partial charge is 0.302 e. The Kier molecular flexibility index (Phi) is 8.47. The molecule has 44 heavy (non-hydrogen) atoms. The van der Waals surface area contributed by atoms with E-state index in [1.54, 1.807) is 0 Å².